The van der Waals surface area contributed by atoms with Crippen molar-refractivity contribution in [2.75, 3.05) is 7.05 Å². The predicted octanol–water partition coefficient (Wildman–Crippen LogP) is 4.66. The van der Waals surface area contributed by atoms with Crippen LogP contribution in [0.5, 0.6) is 0 Å². The van der Waals surface area contributed by atoms with E-state index in [1.807, 2.05) is 11.3 Å². The average molecular weight is 295 g/mol. The fourth-order valence-corrected chi connectivity index (χ4v) is 4.76. The molecule has 0 bridgehead atoms. The Bertz CT molecular complexity index is 448. The zero-order valence-corrected chi connectivity index (χ0v) is 14.8. The molecule has 0 aromatic carbocycles. The van der Waals surface area contributed by atoms with E-state index in [1.165, 1.54) is 41.3 Å². The van der Waals surface area contributed by atoms with Gasteiger partial charge < -0.3 is 5.32 Å². The Labute approximate surface area is 128 Å². The summed E-state index contributed by atoms with van der Waals surface area (Å²) in [5.74, 6) is 0.843. The molecule has 1 aliphatic rings. The quantitative estimate of drug-likeness (QED) is 0.876. The molecule has 0 radical (unpaired) electrons. The van der Waals surface area contributed by atoms with E-state index >= 15 is 0 Å². The Hall–Kier alpha value is -0.410. The molecule has 0 saturated heterocycles. The van der Waals surface area contributed by atoms with Crippen LogP contribution in [0.4, 0.5) is 0 Å². The lowest BCUT2D eigenvalue weighted by atomic mass is 9.67. The van der Waals surface area contributed by atoms with Gasteiger partial charge in [0.15, 0.2) is 0 Å². The van der Waals surface area contributed by atoms with Gasteiger partial charge in [0.2, 0.25) is 0 Å². The fraction of sp³-hybridized carbons (Fsp3) is 0.824. The molecule has 2 rings (SSSR count). The highest BCUT2D eigenvalue weighted by Gasteiger charge is 2.40. The Morgan fingerprint density at radius 1 is 1.30 bits per heavy atom. The molecule has 0 spiro atoms. The van der Waals surface area contributed by atoms with Gasteiger partial charge in [0.05, 0.1) is 11.2 Å². The minimum Gasteiger partial charge on any atom is -0.308 e. The maximum atomic E-state index is 4.94. The largest absolute Gasteiger partial charge is 0.308 e. The number of aryl methyl sites for hydroxylation is 2. The predicted molar refractivity (Wildman–Crippen MR) is 88.4 cm³/mol. The highest BCUT2D eigenvalue weighted by Crippen LogP contribution is 2.46. The van der Waals surface area contributed by atoms with Crippen molar-refractivity contribution in [2.45, 2.75) is 72.3 Å². The van der Waals surface area contributed by atoms with E-state index in [0.717, 1.165) is 12.3 Å². The number of nitrogens with zero attached hydrogens (tertiary/aromatic N) is 1. The topological polar surface area (TPSA) is 24.9 Å². The van der Waals surface area contributed by atoms with Crippen molar-refractivity contribution in [3.8, 4) is 0 Å². The van der Waals surface area contributed by atoms with Gasteiger partial charge >= 0.3 is 0 Å². The van der Waals surface area contributed by atoms with Crippen LogP contribution in [0.25, 0.3) is 0 Å². The molecule has 3 heteroatoms. The van der Waals surface area contributed by atoms with Crippen LogP contribution in [-0.2, 0) is 12.0 Å². The van der Waals surface area contributed by atoms with Crippen molar-refractivity contribution in [3.05, 3.63) is 15.6 Å². The zero-order valence-electron chi connectivity index (χ0n) is 14.0. The first-order chi connectivity index (χ1) is 9.32. The zero-order chi connectivity index (χ0) is 15.0. The van der Waals surface area contributed by atoms with Crippen LogP contribution < -0.4 is 5.32 Å². The molecule has 1 aromatic rings. The molecule has 0 atom stereocenters. The molecule has 0 aliphatic heterocycles. The first kappa shape index (κ1) is 16.0. The molecule has 2 nitrogen and oxygen atoms in total. The van der Waals surface area contributed by atoms with E-state index in [2.05, 4.69) is 47.0 Å². The first-order valence-corrected chi connectivity index (χ1v) is 8.79. The van der Waals surface area contributed by atoms with E-state index in [4.69, 9.17) is 4.98 Å². The number of hydrogen-bond donors (Lipinski definition) is 1. The van der Waals surface area contributed by atoms with Crippen LogP contribution in [0.3, 0.4) is 0 Å². The Balaban J connectivity index is 2.20. The van der Waals surface area contributed by atoms with Crippen molar-refractivity contribution in [3.63, 3.8) is 0 Å². The van der Waals surface area contributed by atoms with Crippen LogP contribution in [0.2, 0.25) is 0 Å². The summed E-state index contributed by atoms with van der Waals surface area (Å²) in [6.45, 7) is 11.6. The molecule has 114 valence electrons. The minimum absolute atomic E-state index is 0.130. The normalized spacial score (nSPS) is 27.8. The van der Waals surface area contributed by atoms with Crippen LogP contribution in [-0.4, -0.2) is 12.0 Å². The molecule has 0 unspecified atom stereocenters. The second kappa shape index (κ2) is 5.76. The van der Waals surface area contributed by atoms with Crippen molar-refractivity contribution >= 4 is 11.3 Å². The third kappa shape index (κ3) is 2.94. The number of hydrogen-bond acceptors (Lipinski definition) is 3. The molecule has 1 fully saturated rings. The van der Waals surface area contributed by atoms with Crippen molar-refractivity contribution in [1.82, 2.24) is 10.3 Å². The summed E-state index contributed by atoms with van der Waals surface area (Å²) in [5, 5.41) is 4.94. The minimum atomic E-state index is 0.130. The van der Waals surface area contributed by atoms with E-state index in [0.29, 0.717) is 5.41 Å². The Kier molecular flexibility index (Phi) is 4.60. The summed E-state index contributed by atoms with van der Waals surface area (Å²) < 4.78 is 0. The van der Waals surface area contributed by atoms with Crippen molar-refractivity contribution < 1.29 is 0 Å². The van der Waals surface area contributed by atoms with Crippen molar-refractivity contribution in [2.24, 2.45) is 11.3 Å². The number of thiazole rings is 1. The first-order valence-electron chi connectivity index (χ1n) is 7.98. The molecule has 1 N–H and O–H groups in total. The SMILES string of the molecule is CCc1nc(C2(NC)CCC(C(C)(C)C)CC2)sc1C. The summed E-state index contributed by atoms with van der Waals surface area (Å²) in [6, 6.07) is 0. The lowest BCUT2D eigenvalue weighted by Gasteiger charge is -2.43. The molecule has 1 heterocycles. The van der Waals surface area contributed by atoms with Crippen LogP contribution >= 0.6 is 11.3 Å². The van der Waals surface area contributed by atoms with Gasteiger partial charge in [0.25, 0.3) is 0 Å². The van der Waals surface area contributed by atoms with Gasteiger partial charge in [-0.2, -0.15) is 0 Å². The monoisotopic (exact) mass is 294 g/mol. The van der Waals surface area contributed by atoms with Gasteiger partial charge in [-0.05, 0) is 57.4 Å². The standard InChI is InChI=1S/C17H30N2S/c1-7-14-12(2)20-15(19-14)17(18-6)10-8-13(9-11-17)16(3,4)5/h13,18H,7-11H2,1-6H3. The van der Waals surface area contributed by atoms with Crippen LogP contribution in [0.1, 0.15) is 69.0 Å². The van der Waals surface area contributed by atoms with E-state index in [9.17, 15) is 0 Å². The summed E-state index contributed by atoms with van der Waals surface area (Å²) in [6.07, 6.45) is 6.12. The smallest absolute Gasteiger partial charge is 0.113 e. The molecular formula is C17H30N2S. The van der Waals surface area contributed by atoms with Gasteiger partial charge in [-0.15, -0.1) is 11.3 Å². The number of rotatable bonds is 3. The third-order valence-corrected chi connectivity index (χ3v) is 6.40. The van der Waals surface area contributed by atoms with Gasteiger partial charge in [0.1, 0.15) is 5.01 Å². The maximum Gasteiger partial charge on any atom is 0.113 e. The molecule has 0 amide bonds. The Morgan fingerprint density at radius 3 is 2.30 bits per heavy atom. The molecular weight excluding hydrogens is 264 g/mol. The second-order valence-electron chi connectivity index (χ2n) is 7.35. The lowest BCUT2D eigenvalue weighted by Crippen LogP contribution is -2.44. The average Bonchev–Trinajstić information content (AvgIpc) is 2.79. The molecule has 1 saturated carbocycles. The Morgan fingerprint density at radius 2 is 1.90 bits per heavy atom. The highest BCUT2D eigenvalue weighted by atomic mass is 32.1. The lowest BCUT2D eigenvalue weighted by molar-refractivity contribution is 0.117. The second-order valence-corrected chi connectivity index (χ2v) is 8.55. The van der Waals surface area contributed by atoms with Crippen LogP contribution in [0.15, 0.2) is 0 Å². The van der Waals surface area contributed by atoms with Crippen molar-refractivity contribution in [1.29, 1.82) is 0 Å². The summed E-state index contributed by atoms with van der Waals surface area (Å²) in [7, 11) is 2.11. The van der Waals surface area contributed by atoms with E-state index in [1.54, 1.807) is 0 Å². The van der Waals surface area contributed by atoms with Gasteiger partial charge in [-0.1, -0.05) is 27.7 Å². The number of nitrogens with one attached hydrogen (secondary N) is 1. The summed E-state index contributed by atoms with van der Waals surface area (Å²) >= 11 is 1.90. The van der Waals surface area contributed by atoms with Gasteiger partial charge in [0, 0.05) is 4.88 Å². The van der Waals surface area contributed by atoms with Gasteiger partial charge in [-0.3, -0.25) is 0 Å². The number of aromatic nitrogens is 1. The van der Waals surface area contributed by atoms with Gasteiger partial charge in [-0.25, -0.2) is 4.98 Å². The van der Waals surface area contributed by atoms with Crippen LogP contribution in [0, 0.1) is 18.3 Å². The molecule has 20 heavy (non-hydrogen) atoms. The highest BCUT2D eigenvalue weighted by molar-refractivity contribution is 7.11. The maximum absolute atomic E-state index is 4.94. The summed E-state index contributed by atoms with van der Waals surface area (Å²) in [4.78, 5) is 6.34. The van der Waals surface area contributed by atoms with E-state index in [-0.39, 0.29) is 5.54 Å². The summed E-state index contributed by atoms with van der Waals surface area (Å²) in [5.41, 5.74) is 1.86. The fourth-order valence-electron chi connectivity index (χ4n) is 3.51. The third-order valence-electron chi connectivity index (χ3n) is 5.18. The molecule has 1 aromatic heterocycles. The molecule has 1 aliphatic carbocycles. The van der Waals surface area contributed by atoms with E-state index < -0.39 is 0 Å².